The molecule has 0 radical (unpaired) electrons. The third kappa shape index (κ3) is 6.38. The van der Waals surface area contributed by atoms with E-state index in [9.17, 15) is 0 Å². The van der Waals surface area contributed by atoms with Crippen molar-refractivity contribution < 1.29 is 9.47 Å². The topological polar surface area (TPSA) is 58.1 Å². The molecule has 6 heteroatoms. The van der Waals surface area contributed by atoms with Crippen LogP contribution < -0.4 is 15.4 Å². The van der Waals surface area contributed by atoms with Gasteiger partial charge in [-0.15, -0.1) is 0 Å². The second-order valence-electron chi connectivity index (χ2n) is 8.23. The molecule has 6 nitrogen and oxygen atoms in total. The molecule has 0 spiro atoms. The van der Waals surface area contributed by atoms with E-state index in [0.717, 1.165) is 56.6 Å². The zero-order chi connectivity index (χ0) is 19.8. The van der Waals surface area contributed by atoms with Gasteiger partial charge in [-0.05, 0) is 57.3 Å². The number of hydrogen-bond acceptors (Lipinski definition) is 4. The zero-order valence-corrected chi connectivity index (χ0v) is 17.7. The highest BCUT2D eigenvalue weighted by Crippen LogP contribution is 2.22. The number of likely N-dealkylation sites (tertiary alicyclic amines) is 1. The number of rotatable bonds is 7. The summed E-state index contributed by atoms with van der Waals surface area (Å²) >= 11 is 0. The van der Waals surface area contributed by atoms with Gasteiger partial charge in [-0.25, -0.2) is 0 Å². The van der Waals surface area contributed by atoms with Crippen LogP contribution in [0.2, 0.25) is 0 Å². The lowest BCUT2D eigenvalue weighted by Crippen LogP contribution is -2.43. The highest BCUT2D eigenvalue weighted by atomic mass is 16.5. The Morgan fingerprint density at radius 1 is 1.29 bits per heavy atom. The molecule has 0 saturated carbocycles. The van der Waals surface area contributed by atoms with E-state index >= 15 is 0 Å². The summed E-state index contributed by atoms with van der Waals surface area (Å²) in [7, 11) is 4.03. The number of nitrogens with one attached hydrogen (secondary N) is 2. The van der Waals surface area contributed by atoms with Gasteiger partial charge in [0.2, 0.25) is 0 Å². The van der Waals surface area contributed by atoms with Crippen molar-refractivity contribution in [3.8, 4) is 5.75 Å². The molecule has 0 aromatic heterocycles. The van der Waals surface area contributed by atoms with E-state index in [4.69, 9.17) is 9.47 Å². The summed E-state index contributed by atoms with van der Waals surface area (Å²) in [5.41, 5.74) is 2.37. The van der Waals surface area contributed by atoms with Crippen molar-refractivity contribution in [3.63, 3.8) is 0 Å². The van der Waals surface area contributed by atoms with Crippen molar-refractivity contribution in [3.05, 3.63) is 29.3 Å². The number of piperidine rings is 1. The van der Waals surface area contributed by atoms with Gasteiger partial charge in [-0.3, -0.25) is 4.99 Å². The SMILES string of the molecule is CN=C(NCc1ccc(C)cc1OCC1CCOC1)NCC1CCCN(C)C1. The maximum Gasteiger partial charge on any atom is 0.191 e. The fraction of sp³-hybridized carbons (Fsp3) is 0.682. The van der Waals surface area contributed by atoms with Crippen molar-refractivity contribution in [2.75, 3.05) is 53.6 Å². The van der Waals surface area contributed by atoms with Gasteiger partial charge in [0, 0.05) is 44.8 Å². The Labute approximate surface area is 169 Å². The van der Waals surface area contributed by atoms with Crippen LogP contribution >= 0.6 is 0 Å². The predicted octanol–water partition coefficient (Wildman–Crippen LogP) is 2.42. The van der Waals surface area contributed by atoms with E-state index in [0.29, 0.717) is 18.4 Å². The molecule has 0 bridgehead atoms. The summed E-state index contributed by atoms with van der Waals surface area (Å²) in [5, 5.41) is 6.94. The molecular weight excluding hydrogens is 352 g/mol. The fourth-order valence-electron chi connectivity index (χ4n) is 3.94. The number of guanidine groups is 1. The summed E-state index contributed by atoms with van der Waals surface area (Å²) in [5.74, 6) is 3.00. The molecule has 1 aromatic carbocycles. The van der Waals surface area contributed by atoms with E-state index in [2.05, 4.69) is 52.7 Å². The second-order valence-corrected chi connectivity index (χ2v) is 8.23. The van der Waals surface area contributed by atoms with Crippen LogP contribution in [0.15, 0.2) is 23.2 Å². The third-order valence-electron chi connectivity index (χ3n) is 5.67. The average Bonchev–Trinajstić information content (AvgIpc) is 3.21. The van der Waals surface area contributed by atoms with Crippen LogP contribution in [0, 0.1) is 18.8 Å². The van der Waals surface area contributed by atoms with Gasteiger partial charge in [0.1, 0.15) is 5.75 Å². The fourth-order valence-corrected chi connectivity index (χ4v) is 3.94. The third-order valence-corrected chi connectivity index (χ3v) is 5.67. The number of benzene rings is 1. The molecule has 2 aliphatic heterocycles. The van der Waals surface area contributed by atoms with Gasteiger partial charge in [-0.2, -0.15) is 0 Å². The minimum absolute atomic E-state index is 0.504. The van der Waals surface area contributed by atoms with Crippen molar-refractivity contribution in [1.29, 1.82) is 0 Å². The summed E-state index contributed by atoms with van der Waals surface area (Å²) in [6, 6.07) is 6.41. The van der Waals surface area contributed by atoms with Crippen molar-refractivity contribution in [2.45, 2.75) is 32.7 Å². The first-order chi connectivity index (χ1) is 13.6. The van der Waals surface area contributed by atoms with Crippen LogP contribution in [0.4, 0.5) is 0 Å². The molecule has 1 aromatic rings. The lowest BCUT2D eigenvalue weighted by atomic mass is 9.99. The van der Waals surface area contributed by atoms with Gasteiger partial charge in [-0.1, -0.05) is 12.1 Å². The maximum absolute atomic E-state index is 6.15. The molecule has 28 heavy (non-hydrogen) atoms. The predicted molar refractivity (Wildman–Crippen MR) is 114 cm³/mol. The Morgan fingerprint density at radius 3 is 2.93 bits per heavy atom. The molecule has 2 saturated heterocycles. The number of ether oxygens (including phenoxy) is 2. The Kier molecular flexibility index (Phi) is 7.98. The van der Waals surface area contributed by atoms with Gasteiger partial charge in [0.15, 0.2) is 5.96 Å². The first kappa shape index (κ1) is 20.9. The minimum atomic E-state index is 0.504. The Hall–Kier alpha value is -1.79. The molecule has 2 N–H and O–H groups in total. The average molecular weight is 389 g/mol. The standard InChI is InChI=1S/C22H36N4O2/c1-17-6-7-20(21(11-17)28-16-19-8-10-27-15-19)13-25-22(23-2)24-12-18-5-4-9-26(3)14-18/h6-7,11,18-19H,4-5,8-10,12-16H2,1-3H3,(H2,23,24,25). The van der Waals surface area contributed by atoms with Gasteiger partial charge in [0.05, 0.1) is 13.2 Å². The van der Waals surface area contributed by atoms with E-state index < -0.39 is 0 Å². The van der Waals surface area contributed by atoms with Crippen molar-refractivity contribution >= 4 is 5.96 Å². The second kappa shape index (κ2) is 10.7. The molecule has 3 rings (SSSR count). The maximum atomic E-state index is 6.15. The van der Waals surface area contributed by atoms with Crippen LogP contribution in [0.5, 0.6) is 5.75 Å². The number of aryl methyl sites for hydroxylation is 1. The lowest BCUT2D eigenvalue weighted by Gasteiger charge is -2.30. The Bertz CT molecular complexity index is 643. The highest BCUT2D eigenvalue weighted by molar-refractivity contribution is 5.79. The molecule has 2 atom stereocenters. The van der Waals surface area contributed by atoms with E-state index in [-0.39, 0.29) is 0 Å². The summed E-state index contributed by atoms with van der Waals surface area (Å²) in [6.07, 6.45) is 3.66. The molecule has 156 valence electrons. The molecule has 2 aliphatic rings. The van der Waals surface area contributed by atoms with E-state index in [1.807, 2.05) is 7.05 Å². The van der Waals surface area contributed by atoms with Crippen LogP contribution in [0.1, 0.15) is 30.4 Å². The quantitative estimate of drug-likeness (QED) is 0.555. The van der Waals surface area contributed by atoms with E-state index in [1.165, 1.54) is 24.9 Å². The van der Waals surface area contributed by atoms with Gasteiger partial charge < -0.3 is 25.0 Å². The smallest absolute Gasteiger partial charge is 0.191 e. The first-order valence-corrected chi connectivity index (χ1v) is 10.6. The Morgan fingerprint density at radius 2 is 2.18 bits per heavy atom. The van der Waals surface area contributed by atoms with Crippen molar-refractivity contribution in [2.24, 2.45) is 16.8 Å². The van der Waals surface area contributed by atoms with Gasteiger partial charge >= 0.3 is 0 Å². The summed E-state index contributed by atoms with van der Waals surface area (Å²) in [4.78, 5) is 6.80. The summed E-state index contributed by atoms with van der Waals surface area (Å²) < 4.78 is 11.6. The van der Waals surface area contributed by atoms with Crippen LogP contribution in [0.3, 0.4) is 0 Å². The van der Waals surface area contributed by atoms with Crippen LogP contribution in [-0.4, -0.2) is 64.4 Å². The van der Waals surface area contributed by atoms with Crippen LogP contribution in [0.25, 0.3) is 0 Å². The minimum Gasteiger partial charge on any atom is -0.493 e. The van der Waals surface area contributed by atoms with Crippen molar-refractivity contribution in [1.82, 2.24) is 15.5 Å². The molecule has 0 aliphatic carbocycles. The number of hydrogen-bond donors (Lipinski definition) is 2. The lowest BCUT2D eigenvalue weighted by molar-refractivity contribution is 0.166. The highest BCUT2D eigenvalue weighted by Gasteiger charge is 2.18. The largest absolute Gasteiger partial charge is 0.493 e. The molecule has 2 heterocycles. The molecular formula is C22H36N4O2. The normalized spacial score (nSPS) is 23.6. The summed E-state index contributed by atoms with van der Waals surface area (Å²) in [6.45, 7) is 8.52. The zero-order valence-electron chi connectivity index (χ0n) is 17.7. The Balaban J connectivity index is 1.50. The van der Waals surface area contributed by atoms with Gasteiger partial charge in [0.25, 0.3) is 0 Å². The number of nitrogens with zero attached hydrogens (tertiary/aromatic N) is 2. The van der Waals surface area contributed by atoms with E-state index in [1.54, 1.807) is 0 Å². The molecule has 2 fully saturated rings. The van der Waals surface area contributed by atoms with Crippen LogP contribution in [-0.2, 0) is 11.3 Å². The molecule has 2 unspecified atom stereocenters. The first-order valence-electron chi connectivity index (χ1n) is 10.6. The molecule has 0 amide bonds. The monoisotopic (exact) mass is 388 g/mol. The number of aliphatic imine (C=N–C) groups is 1.